The quantitative estimate of drug-likeness (QED) is 0.276. The van der Waals surface area contributed by atoms with Crippen LogP contribution in [0.3, 0.4) is 0 Å². The molecule has 8 nitrogen and oxygen atoms in total. The van der Waals surface area contributed by atoms with Crippen LogP contribution in [0, 0.1) is 0 Å². The largest absolute Gasteiger partial charge is 0.485 e. The lowest BCUT2D eigenvalue weighted by Crippen LogP contribution is -2.36. The SMILES string of the molecule is O=C(CC1=CCCC(c2cc(NCc3cccnc3)n3ncc(Br)c3n2)CC1)C1COc2ccccc2O1. The lowest BCUT2D eigenvalue weighted by atomic mass is 9.94. The standard InChI is InChI=1S/C29H28BrN5O3/c30-22-17-33-35-28(32-16-20-6-4-12-31-15-20)14-23(34-29(22)35)21-7-3-5-19(10-11-21)13-24(36)27-18-37-25-8-1-2-9-26(25)38-27/h1-2,4-6,8-9,12,14-15,17,21,27,32H,3,7,10-11,13,16,18H2. The van der Waals surface area contributed by atoms with Crippen molar-refractivity contribution in [1.82, 2.24) is 19.6 Å². The Morgan fingerprint density at radius 2 is 2.03 bits per heavy atom. The normalized spacial score (nSPS) is 19.0. The molecule has 2 unspecified atom stereocenters. The summed E-state index contributed by atoms with van der Waals surface area (Å²) in [6.45, 7) is 0.893. The Balaban J connectivity index is 1.13. The fraction of sp³-hybridized carbons (Fsp3) is 0.310. The van der Waals surface area contributed by atoms with Crippen LogP contribution in [0.1, 0.15) is 49.3 Å². The summed E-state index contributed by atoms with van der Waals surface area (Å²) in [5.74, 6) is 2.56. The lowest BCUT2D eigenvalue weighted by molar-refractivity contribution is -0.127. The minimum Gasteiger partial charge on any atom is -0.485 e. The molecule has 6 rings (SSSR count). The Bertz CT molecular complexity index is 1490. The van der Waals surface area contributed by atoms with Gasteiger partial charge in [0.1, 0.15) is 12.4 Å². The molecule has 0 saturated carbocycles. The van der Waals surface area contributed by atoms with Gasteiger partial charge in [0.15, 0.2) is 29.0 Å². The van der Waals surface area contributed by atoms with E-state index in [2.05, 4.69) is 43.5 Å². The van der Waals surface area contributed by atoms with Gasteiger partial charge in [-0.3, -0.25) is 9.78 Å². The monoisotopic (exact) mass is 573 g/mol. The molecule has 9 heteroatoms. The van der Waals surface area contributed by atoms with Crippen LogP contribution in [-0.4, -0.2) is 38.1 Å². The molecule has 1 aromatic carbocycles. The lowest BCUT2D eigenvalue weighted by Gasteiger charge is -2.25. The van der Waals surface area contributed by atoms with E-state index in [0.29, 0.717) is 24.5 Å². The smallest absolute Gasteiger partial charge is 0.191 e. The van der Waals surface area contributed by atoms with Gasteiger partial charge in [-0.1, -0.05) is 29.8 Å². The molecule has 2 aliphatic rings. The summed E-state index contributed by atoms with van der Waals surface area (Å²) in [5.41, 5.74) is 4.09. The van der Waals surface area contributed by atoms with Crippen LogP contribution in [0.5, 0.6) is 11.5 Å². The van der Waals surface area contributed by atoms with Crippen molar-refractivity contribution in [2.45, 2.75) is 50.7 Å². The van der Waals surface area contributed by atoms with Gasteiger partial charge >= 0.3 is 0 Å². The van der Waals surface area contributed by atoms with E-state index in [0.717, 1.165) is 52.9 Å². The number of ketones is 1. The maximum atomic E-state index is 13.0. The van der Waals surface area contributed by atoms with Gasteiger partial charge in [0.05, 0.1) is 10.7 Å². The molecule has 1 aliphatic heterocycles. The van der Waals surface area contributed by atoms with Crippen LogP contribution in [0.25, 0.3) is 5.65 Å². The first-order chi connectivity index (χ1) is 18.6. The van der Waals surface area contributed by atoms with Crippen LogP contribution in [0.4, 0.5) is 5.82 Å². The number of carbonyl (C=O) groups excluding carboxylic acids is 1. The molecule has 0 amide bonds. The topological polar surface area (TPSA) is 90.6 Å². The second-order valence-corrected chi connectivity index (χ2v) is 10.5. The molecule has 194 valence electrons. The number of allylic oxidation sites excluding steroid dienone is 2. The second kappa shape index (κ2) is 10.9. The van der Waals surface area contributed by atoms with E-state index in [1.54, 1.807) is 12.4 Å². The Kier molecular flexibility index (Phi) is 7.09. The minimum absolute atomic E-state index is 0.0637. The van der Waals surface area contributed by atoms with Crippen molar-refractivity contribution in [3.63, 3.8) is 0 Å². The number of halogens is 1. The number of nitrogens with zero attached hydrogens (tertiary/aromatic N) is 4. The minimum atomic E-state index is -0.568. The summed E-state index contributed by atoms with van der Waals surface area (Å²) in [5, 5.41) is 8.00. The zero-order valence-corrected chi connectivity index (χ0v) is 22.4. The van der Waals surface area contributed by atoms with Crippen molar-refractivity contribution >= 4 is 33.2 Å². The van der Waals surface area contributed by atoms with Gasteiger partial charge in [-0.25, -0.2) is 4.98 Å². The average Bonchev–Trinajstić information content (AvgIpc) is 3.18. The Morgan fingerprint density at radius 1 is 1.13 bits per heavy atom. The Morgan fingerprint density at radius 3 is 2.89 bits per heavy atom. The van der Waals surface area contributed by atoms with Gasteiger partial charge in [-0.05, 0) is 65.4 Å². The maximum absolute atomic E-state index is 13.0. The third-order valence-corrected chi connectivity index (χ3v) is 7.65. The van der Waals surface area contributed by atoms with Gasteiger partial charge in [0, 0.05) is 43.0 Å². The average molecular weight is 574 g/mol. The van der Waals surface area contributed by atoms with Crippen molar-refractivity contribution in [2.24, 2.45) is 0 Å². The summed E-state index contributed by atoms with van der Waals surface area (Å²) >= 11 is 3.60. The number of Topliss-reactive ketones (excluding diaryl/α,β-unsaturated/α-hetero) is 1. The highest BCUT2D eigenvalue weighted by atomic mass is 79.9. The third kappa shape index (κ3) is 5.29. The van der Waals surface area contributed by atoms with Crippen LogP contribution >= 0.6 is 15.9 Å². The van der Waals surface area contributed by atoms with E-state index < -0.39 is 6.10 Å². The van der Waals surface area contributed by atoms with Crippen molar-refractivity contribution < 1.29 is 14.3 Å². The first-order valence-corrected chi connectivity index (χ1v) is 13.7. The number of fused-ring (bicyclic) bond motifs is 2. The molecule has 0 saturated heterocycles. The number of nitrogens with one attached hydrogen (secondary N) is 1. The number of para-hydroxylation sites is 2. The van der Waals surface area contributed by atoms with Gasteiger partial charge < -0.3 is 14.8 Å². The molecule has 4 aromatic rings. The predicted molar refractivity (Wildman–Crippen MR) is 148 cm³/mol. The molecule has 4 heterocycles. The molecule has 0 radical (unpaired) electrons. The first kappa shape index (κ1) is 24.6. The van der Waals surface area contributed by atoms with E-state index in [9.17, 15) is 4.79 Å². The second-order valence-electron chi connectivity index (χ2n) is 9.69. The van der Waals surface area contributed by atoms with Gasteiger partial charge in [-0.2, -0.15) is 9.61 Å². The molecule has 1 aliphatic carbocycles. The van der Waals surface area contributed by atoms with E-state index >= 15 is 0 Å². The van der Waals surface area contributed by atoms with E-state index in [-0.39, 0.29) is 18.3 Å². The Labute approximate surface area is 229 Å². The molecule has 38 heavy (non-hydrogen) atoms. The van der Waals surface area contributed by atoms with Crippen LogP contribution in [0.2, 0.25) is 0 Å². The molecule has 0 bridgehead atoms. The van der Waals surface area contributed by atoms with Crippen LogP contribution < -0.4 is 14.8 Å². The summed E-state index contributed by atoms with van der Waals surface area (Å²) in [7, 11) is 0. The van der Waals surface area contributed by atoms with Crippen LogP contribution in [-0.2, 0) is 11.3 Å². The highest BCUT2D eigenvalue weighted by Gasteiger charge is 2.28. The maximum Gasteiger partial charge on any atom is 0.191 e. The number of benzene rings is 1. The third-order valence-electron chi connectivity index (χ3n) is 7.09. The van der Waals surface area contributed by atoms with Crippen molar-refractivity contribution in [2.75, 3.05) is 11.9 Å². The van der Waals surface area contributed by atoms with E-state index in [4.69, 9.17) is 14.5 Å². The highest BCUT2D eigenvalue weighted by Crippen LogP contribution is 2.35. The van der Waals surface area contributed by atoms with E-state index in [1.807, 2.05) is 47.1 Å². The molecule has 2 atom stereocenters. The molecular weight excluding hydrogens is 546 g/mol. The number of pyridine rings is 1. The highest BCUT2D eigenvalue weighted by molar-refractivity contribution is 9.10. The number of ether oxygens (including phenoxy) is 2. The number of rotatable bonds is 7. The predicted octanol–water partition coefficient (Wildman–Crippen LogP) is 5.88. The Hall–Kier alpha value is -3.72. The molecule has 3 aromatic heterocycles. The van der Waals surface area contributed by atoms with Gasteiger partial charge in [-0.15, -0.1) is 0 Å². The zero-order chi connectivity index (χ0) is 25.9. The van der Waals surface area contributed by atoms with Crippen molar-refractivity contribution in [1.29, 1.82) is 0 Å². The number of carbonyl (C=O) groups is 1. The van der Waals surface area contributed by atoms with Gasteiger partial charge in [0.25, 0.3) is 0 Å². The number of anilines is 1. The molecule has 0 fully saturated rings. The zero-order valence-electron chi connectivity index (χ0n) is 20.8. The number of hydrogen-bond acceptors (Lipinski definition) is 7. The fourth-order valence-electron chi connectivity index (χ4n) is 5.05. The molecule has 1 N–H and O–H groups in total. The van der Waals surface area contributed by atoms with Crippen molar-refractivity contribution in [3.05, 3.63) is 88.4 Å². The van der Waals surface area contributed by atoms with Gasteiger partial charge in [0.2, 0.25) is 0 Å². The first-order valence-electron chi connectivity index (χ1n) is 12.9. The fourth-order valence-corrected chi connectivity index (χ4v) is 5.40. The summed E-state index contributed by atoms with van der Waals surface area (Å²) < 4.78 is 14.4. The van der Waals surface area contributed by atoms with Crippen LogP contribution in [0.15, 0.2) is 77.2 Å². The number of aromatic nitrogens is 4. The van der Waals surface area contributed by atoms with E-state index in [1.165, 1.54) is 5.57 Å². The summed E-state index contributed by atoms with van der Waals surface area (Å²) in [4.78, 5) is 22.2. The molecular formula is C29H28BrN5O3. The molecule has 0 spiro atoms. The van der Waals surface area contributed by atoms with Crippen molar-refractivity contribution in [3.8, 4) is 11.5 Å². The summed E-state index contributed by atoms with van der Waals surface area (Å²) in [6.07, 6.45) is 11.1. The number of hydrogen-bond donors (Lipinski definition) is 1. The summed E-state index contributed by atoms with van der Waals surface area (Å²) in [6, 6.07) is 13.6.